The molecule has 2 fully saturated rings. The Morgan fingerprint density at radius 2 is 2.09 bits per heavy atom. The first-order valence-corrected chi connectivity index (χ1v) is 7.77. The predicted molar refractivity (Wildman–Crippen MR) is 80.0 cm³/mol. The summed E-state index contributed by atoms with van der Waals surface area (Å²) in [7, 11) is 0. The van der Waals surface area contributed by atoms with Crippen LogP contribution in [0.1, 0.15) is 5.56 Å². The Labute approximate surface area is 130 Å². The highest BCUT2D eigenvalue weighted by molar-refractivity contribution is 5.69. The SMILES string of the molecule is Cc1ccccc1OC[C@H]1CN(C[NH+]2CCOCC2)C(=O)O1. The molecule has 22 heavy (non-hydrogen) atoms. The van der Waals surface area contributed by atoms with E-state index in [0.717, 1.165) is 37.6 Å². The first-order chi connectivity index (χ1) is 10.7. The van der Waals surface area contributed by atoms with Crippen molar-refractivity contribution in [2.45, 2.75) is 13.0 Å². The molecule has 0 aliphatic carbocycles. The number of hydrogen-bond donors (Lipinski definition) is 1. The third-order valence-electron chi connectivity index (χ3n) is 4.08. The Bertz CT molecular complexity index is 517. The van der Waals surface area contributed by atoms with E-state index in [2.05, 4.69) is 0 Å². The van der Waals surface area contributed by atoms with Gasteiger partial charge in [-0.25, -0.2) is 4.79 Å². The van der Waals surface area contributed by atoms with Crippen LogP contribution in [0.3, 0.4) is 0 Å². The number of aryl methyl sites for hydroxylation is 1. The van der Waals surface area contributed by atoms with Crippen LogP contribution in [0.2, 0.25) is 0 Å². The normalized spacial score (nSPS) is 22.7. The molecule has 3 rings (SSSR count). The van der Waals surface area contributed by atoms with Crippen molar-refractivity contribution in [1.82, 2.24) is 4.90 Å². The maximum Gasteiger partial charge on any atom is 0.414 e. The van der Waals surface area contributed by atoms with E-state index in [9.17, 15) is 4.79 Å². The summed E-state index contributed by atoms with van der Waals surface area (Å²) in [6.07, 6.45) is -0.440. The van der Waals surface area contributed by atoms with Crippen LogP contribution in [0, 0.1) is 6.92 Å². The second-order valence-corrected chi connectivity index (χ2v) is 5.83. The van der Waals surface area contributed by atoms with Crippen molar-refractivity contribution in [3.8, 4) is 5.75 Å². The lowest BCUT2D eigenvalue weighted by Gasteiger charge is -2.26. The lowest BCUT2D eigenvalue weighted by Crippen LogP contribution is -3.15. The standard InChI is InChI=1S/C16H22N2O4/c1-13-4-2-3-5-15(13)21-11-14-10-18(16(19)22-14)12-17-6-8-20-9-7-17/h2-5,14H,6-12H2,1H3/p+1/t14-/m1/s1. The third-order valence-corrected chi connectivity index (χ3v) is 4.08. The molecule has 1 aromatic carbocycles. The van der Waals surface area contributed by atoms with Gasteiger partial charge in [-0.3, -0.25) is 4.90 Å². The number of cyclic esters (lactones) is 1. The number of morpholine rings is 1. The molecule has 2 heterocycles. The minimum absolute atomic E-state index is 0.201. The molecule has 1 aromatic rings. The average Bonchev–Trinajstić information content (AvgIpc) is 2.88. The summed E-state index contributed by atoms with van der Waals surface area (Å²) in [5.41, 5.74) is 1.08. The fourth-order valence-corrected chi connectivity index (χ4v) is 2.78. The average molecular weight is 307 g/mol. The van der Waals surface area contributed by atoms with Crippen LogP contribution in [0.15, 0.2) is 24.3 Å². The summed E-state index contributed by atoms with van der Waals surface area (Å²) in [4.78, 5) is 15.1. The lowest BCUT2D eigenvalue weighted by molar-refractivity contribution is -0.916. The summed E-state index contributed by atoms with van der Waals surface area (Å²) in [6.45, 7) is 7.08. The number of para-hydroxylation sites is 1. The summed E-state index contributed by atoms with van der Waals surface area (Å²) in [5, 5.41) is 0. The molecule has 1 N–H and O–H groups in total. The number of amides is 1. The van der Waals surface area contributed by atoms with E-state index in [4.69, 9.17) is 14.2 Å². The van der Waals surface area contributed by atoms with Gasteiger partial charge in [0.15, 0.2) is 12.8 Å². The zero-order valence-corrected chi connectivity index (χ0v) is 12.9. The van der Waals surface area contributed by atoms with Gasteiger partial charge in [-0.2, -0.15) is 0 Å². The number of nitrogens with zero attached hydrogens (tertiary/aromatic N) is 1. The quantitative estimate of drug-likeness (QED) is 0.836. The van der Waals surface area contributed by atoms with E-state index < -0.39 is 0 Å². The fraction of sp³-hybridized carbons (Fsp3) is 0.562. The first kappa shape index (κ1) is 15.1. The van der Waals surface area contributed by atoms with Crippen molar-refractivity contribution < 1.29 is 23.9 Å². The molecule has 0 unspecified atom stereocenters. The summed E-state index contributed by atoms with van der Waals surface area (Å²) < 4.78 is 16.5. The molecule has 120 valence electrons. The highest BCUT2D eigenvalue weighted by Gasteiger charge is 2.34. The van der Waals surface area contributed by atoms with Gasteiger partial charge in [-0.15, -0.1) is 0 Å². The monoisotopic (exact) mass is 307 g/mol. The van der Waals surface area contributed by atoms with Gasteiger partial charge in [0, 0.05) is 0 Å². The molecule has 0 bridgehead atoms. The molecule has 1 atom stereocenters. The van der Waals surface area contributed by atoms with Crippen LogP contribution in [0.25, 0.3) is 0 Å². The highest BCUT2D eigenvalue weighted by atomic mass is 16.6. The molecule has 0 saturated carbocycles. The number of hydrogen-bond acceptors (Lipinski definition) is 4. The summed E-state index contributed by atoms with van der Waals surface area (Å²) in [5.74, 6) is 0.843. The maximum absolute atomic E-state index is 11.9. The van der Waals surface area contributed by atoms with Crippen LogP contribution in [-0.4, -0.2) is 63.2 Å². The maximum atomic E-state index is 11.9. The van der Waals surface area contributed by atoms with Crippen LogP contribution < -0.4 is 9.64 Å². The van der Waals surface area contributed by atoms with Crippen molar-refractivity contribution in [2.24, 2.45) is 0 Å². The Morgan fingerprint density at radius 1 is 1.32 bits per heavy atom. The van der Waals surface area contributed by atoms with Gasteiger partial charge < -0.3 is 19.1 Å². The van der Waals surface area contributed by atoms with Crippen LogP contribution in [-0.2, 0) is 9.47 Å². The second kappa shape index (κ2) is 6.98. The predicted octanol–water partition coefficient (Wildman–Crippen LogP) is 0.0672. The van der Waals surface area contributed by atoms with Gasteiger partial charge >= 0.3 is 6.09 Å². The minimum atomic E-state index is -0.239. The van der Waals surface area contributed by atoms with Crippen molar-refractivity contribution >= 4 is 6.09 Å². The van der Waals surface area contributed by atoms with Gasteiger partial charge in [-0.1, -0.05) is 18.2 Å². The van der Waals surface area contributed by atoms with Crippen LogP contribution in [0.4, 0.5) is 4.79 Å². The Kier molecular flexibility index (Phi) is 4.80. The molecule has 0 aromatic heterocycles. The minimum Gasteiger partial charge on any atom is -0.489 e. The van der Waals surface area contributed by atoms with E-state index >= 15 is 0 Å². The number of benzene rings is 1. The molecular weight excluding hydrogens is 284 g/mol. The van der Waals surface area contributed by atoms with Gasteiger partial charge in [0.2, 0.25) is 0 Å². The van der Waals surface area contributed by atoms with E-state index in [1.165, 1.54) is 4.90 Å². The van der Waals surface area contributed by atoms with Gasteiger partial charge in [-0.05, 0) is 18.6 Å². The number of carbonyl (C=O) groups excluding carboxylic acids is 1. The third kappa shape index (κ3) is 3.69. The summed E-state index contributed by atoms with van der Waals surface area (Å²) >= 11 is 0. The van der Waals surface area contributed by atoms with E-state index in [0.29, 0.717) is 19.8 Å². The smallest absolute Gasteiger partial charge is 0.414 e. The Morgan fingerprint density at radius 3 is 2.86 bits per heavy atom. The number of carbonyl (C=O) groups is 1. The molecule has 2 aliphatic heterocycles. The van der Waals surface area contributed by atoms with Gasteiger partial charge in [0.1, 0.15) is 25.4 Å². The molecule has 0 radical (unpaired) electrons. The largest absolute Gasteiger partial charge is 0.489 e. The number of ether oxygens (including phenoxy) is 3. The van der Waals surface area contributed by atoms with E-state index in [-0.39, 0.29) is 12.2 Å². The van der Waals surface area contributed by atoms with E-state index in [1.807, 2.05) is 31.2 Å². The Hall–Kier alpha value is -1.79. The lowest BCUT2D eigenvalue weighted by atomic mass is 10.2. The summed E-state index contributed by atoms with van der Waals surface area (Å²) in [6, 6.07) is 7.85. The number of quaternary nitrogens is 1. The van der Waals surface area contributed by atoms with Crippen molar-refractivity contribution in [3.63, 3.8) is 0 Å². The fourth-order valence-electron chi connectivity index (χ4n) is 2.78. The molecular formula is C16H23N2O4+. The Balaban J connectivity index is 1.48. The molecule has 2 saturated heterocycles. The van der Waals surface area contributed by atoms with Crippen LogP contribution in [0.5, 0.6) is 5.75 Å². The van der Waals surface area contributed by atoms with Crippen molar-refractivity contribution in [2.75, 3.05) is 46.1 Å². The first-order valence-electron chi connectivity index (χ1n) is 7.77. The molecule has 6 heteroatoms. The van der Waals surface area contributed by atoms with Crippen molar-refractivity contribution in [1.29, 1.82) is 0 Å². The highest BCUT2D eigenvalue weighted by Crippen LogP contribution is 2.18. The van der Waals surface area contributed by atoms with Crippen molar-refractivity contribution in [3.05, 3.63) is 29.8 Å². The van der Waals surface area contributed by atoms with Gasteiger partial charge in [0.05, 0.1) is 19.8 Å². The number of rotatable bonds is 5. The van der Waals surface area contributed by atoms with E-state index in [1.54, 1.807) is 4.90 Å². The van der Waals surface area contributed by atoms with Gasteiger partial charge in [0.25, 0.3) is 0 Å². The molecule has 1 amide bonds. The molecule has 2 aliphatic rings. The molecule has 6 nitrogen and oxygen atoms in total. The van der Waals surface area contributed by atoms with Crippen LogP contribution >= 0.6 is 0 Å². The zero-order valence-electron chi connectivity index (χ0n) is 12.9. The zero-order chi connectivity index (χ0) is 15.4. The second-order valence-electron chi connectivity index (χ2n) is 5.83. The molecule has 0 spiro atoms. The number of nitrogens with one attached hydrogen (secondary N) is 1. The topological polar surface area (TPSA) is 52.4 Å².